The van der Waals surface area contributed by atoms with Crippen LogP contribution in [0.1, 0.15) is 29.6 Å². The molecule has 2 N–H and O–H groups in total. The van der Waals surface area contributed by atoms with E-state index in [1.165, 1.54) is 58.9 Å². The number of piperidine rings is 1. The monoisotopic (exact) mass is 463 g/mol. The molecule has 1 saturated heterocycles. The van der Waals surface area contributed by atoms with Crippen molar-refractivity contribution in [2.75, 3.05) is 25.0 Å². The molecule has 0 spiro atoms. The number of nitrogens with one attached hydrogen (secondary N) is 2. The van der Waals surface area contributed by atoms with Crippen LogP contribution in [0.5, 0.6) is 0 Å². The second kappa shape index (κ2) is 9.73. The number of hydrogen-bond donors (Lipinski definition) is 2. The van der Waals surface area contributed by atoms with Gasteiger partial charge in [0.2, 0.25) is 20.0 Å². The maximum Gasteiger partial charge on any atom is 0.255 e. The zero-order valence-electron chi connectivity index (χ0n) is 17.0. The molecule has 2 aromatic carbocycles. The minimum absolute atomic E-state index is 0.0400. The van der Waals surface area contributed by atoms with E-state index in [1.807, 2.05) is 0 Å². The number of carbonyl (C=O) groups excluding carboxylic acids is 1. The Hall–Kier alpha value is -2.53. The number of hydrogen-bond acceptors (Lipinski definition) is 5. The van der Waals surface area contributed by atoms with Crippen molar-refractivity contribution in [1.29, 1.82) is 0 Å². The van der Waals surface area contributed by atoms with Gasteiger partial charge in [0, 0.05) is 30.9 Å². The standard InChI is InChI=1S/C21H25N3O5S2/c1-2-14-22-30(26,27)19-10-6-17(7-11-19)21(25)23-18-8-12-20(13-9-18)31(28,29)24-15-4-3-5-16-24/h2,6-13,22H,1,3-5,14-16H2,(H,23,25). The lowest BCUT2D eigenvalue weighted by Gasteiger charge is -2.25. The van der Waals surface area contributed by atoms with Gasteiger partial charge in [-0.15, -0.1) is 6.58 Å². The molecule has 0 radical (unpaired) electrons. The molecule has 0 atom stereocenters. The SMILES string of the molecule is C=CCNS(=O)(=O)c1ccc(C(=O)Nc2ccc(S(=O)(=O)N3CCCCC3)cc2)cc1. The van der Waals surface area contributed by atoms with Crippen LogP contribution in [0.15, 0.2) is 71.0 Å². The number of anilines is 1. The van der Waals surface area contributed by atoms with Crippen molar-refractivity contribution in [3.8, 4) is 0 Å². The topological polar surface area (TPSA) is 113 Å². The number of rotatable bonds is 8. The molecular formula is C21H25N3O5S2. The van der Waals surface area contributed by atoms with E-state index < -0.39 is 26.0 Å². The predicted molar refractivity (Wildman–Crippen MR) is 119 cm³/mol. The third-order valence-electron chi connectivity index (χ3n) is 4.91. The Balaban J connectivity index is 1.67. The highest BCUT2D eigenvalue weighted by atomic mass is 32.2. The minimum Gasteiger partial charge on any atom is -0.322 e. The van der Waals surface area contributed by atoms with E-state index >= 15 is 0 Å². The Kier molecular flexibility index (Phi) is 7.26. The quantitative estimate of drug-likeness (QED) is 0.585. The van der Waals surface area contributed by atoms with Gasteiger partial charge in [-0.3, -0.25) is 4.79 Å². The highest BCUT2D eigenvalue weighted by Gasteiger charge is 2.25. The fourth-order valence-electron chi connectivity index (χ4n) is 3.21. The molecule has 1 amide bonds. The summed E-state index contributed by atoms with van der Waals surface area (Å²) in [5.41, 5.74) is 0.708. The van der Waals surface area contributed by atoms with Gasteiger partial charge in [-0.25, -0.2) is 21.6 Å². The van der Waals surface area contributed by atoms with Crippen LogP contribution in [-0.2, 0) is 20.0 Å². The summed E-state index contributed by atoms with van der Waals surface area (Å²) < 4.78 is 53.4. The number of amides is 1. The summed E-state index contributed by atoms with van der Waals surface area (Å²) in [5.74, 6) is -0.436. The second-order valence-electron chi connectivity index (χ2n) is 7.11. The first-order chi connectivity index (χ1) is 14.7. The Morgan fingerprint density at radius 2 is 1.48 bits per heavy atom. The van der Waals surface area contributed by atoms with Crippen molar-refractivity contribution in [2.45, 2.75) is 29.1 Å². The molecule has 3 rings (SSSR count). The summed E-state index contributed by atoms with van der Waals surface area (Å²) in [5, 5.41) is 2.68. The largest absolute Gasteiger partial charge is 0.322 e. The highest BCUT2D eigenvalue weighted by molar-refractivity contribution is 7.89. The van der Waals surface area contributed by atoms with E-state index in [9.17, 15) is 21.6 Å². The minimum atomic E-state index is -3.67. The van der Waals surface area contributed by atoms with Crippen LogP contribution in [0, 0.1) is 0 Å². The van der Waals surface area contributed by atoms with Crippen molar-refractivity contribution >= 4 is 31.6 Å². The summed E-state index contributed by atoms with van der Waals surface area (Å²) in [6.45, 7) is 4.61. The van der Waals surface area contributed by atoms with E-state index in [-0.39, 0.29) is 21.9 Å². The van der Waals surface area contributed by atoms with Gasteiger partial charge < -0.3 is 5.32 Å². The van der Waals surface area contributed by atoms with Gasteiger partial charge in [0.25, 0.3) is 5.91 Å². The third kappa shape index (κ3) is 5.59. The van der Waals surface area contributed by atoms with Crippen molar-refractivity contribution in [3.63, 3.8) is 0 Å². The first-order valence-corrected chi connectivity index (χ1v) is 12.8. The van der Waals surface area contributed by atoms with Crippen LogP contribution in [0.25, 0.3) is 0 Å². The van der Waals surface area contributed by atoms with Crippen molar-refractivity contribution in [1.82, 2.24) is 9.03 Å². The van der Waals surface area contributed by atoms with E-state index in [2.05, 4.69) is 16.6 Å². The normalized spacial score (nSPS) is 15.4. The molecule has 8 nitrogen and oxygen atoms in total. The van der Waals surface area contributed by atoms with E-state index in [0.717, 1.165) is 19.3 Å². The summed E-state index contributed by atoms with van der Waals surface area (Å²) in [4.78, 5) is 12.7. The average molecular weight is 464 g/mol. The van der Waals surface area contributed by atoms with Crippen LogP contribution in [0.3, 0.4) is 0 Å². The lowest BCUT2D eigenvalue weighted by molar-refractivity contribution is 0.102. The number of nitrogens with zero attached hydrogens (tertiary/aromatic N) is 1. The van der Waals surface area contributed by atoms with Gasteiger partial charge in [0.15, 0.2) is 0 Å². The molecule has 1 aliphatic rings. The summed E-state index contributed by atoms with van der Waals surface area (Å²) in [6.07, 6.45) is 4.19. The molecule has 0 aromatic heterocycles. The number of sulfonamides is 2. The van der Waals surface area contributed by atoms with Crippen molar-refractivity contribution in [2.24, 2.45) is 0 Å². The van der Waals surface area contributed by atoms with Gasteiger partial charge in [-0.2, -0.15) is 4.31 Å². The Labute approximate surface area is 183 Å². The fourth-order valence-corrected chi connectivity index (χ4v) is 5.72. The van der Waals surface area contributed by atoms with Crippen LogP contribution < -0.4 is 10.0 Å². The molecule has 0 aliphatic carbocycles. The molecule has 1 aliphatic heterocycles. The molecule has 0 unspecified atom stereocenters. The molecule has 1 heterocycles. The van der Waals surface area contributed by atoms with E-state index in [1.54, 1.807) is 0 Å². The van der Waals surface area contributed by atoms with E-state index in [0.29, 0.717) is 18.8 Å². The number of carbonyl (C=O) groups is 1. The first kappa shape index (κ1) is 23.1. The summed E-state index contributed by atoms with van der Waals surface area (Å²) in [6, 6.07) is 11.5. The molecule has 0 bridgehead atoms. The van der Waals surface area contributed by atoms with Crippen LogP contribution in [0.2, 0.25) is 0 Å². The lowest BCUT2D eigenvalue weighted by atomic mass is 10.2. The van der Waals surface area contributed by atoms with Gasteiger partial charge >= 0.3 is 0 Å². The summed E-state index contributed by atoms with van der Waals surface area (Å²) in [7, 11) is -7.20. The molecule has 166 valence electrons. The number of benzene rings is 2. The Bertz CT molecular complexity index is 1140. The third-order valence-corrected chi connectivity index (χ3v) is 8.26. The molecule has 10 heteroatoms. The molecule has 31 heavy (non-hydrogen) atoms. The fraction of sp³-hybridized carbons (Fsp3) is 0.286. The van der Waals surface area contributed by atoms with E-state index in [4.69, 9.17) is 0 Å². The smallest absolute Gasteiger partial charge is 0.255 e. The Morgan fingerprint density at radius 1 is 0.903 bits per heavy atom. The average Bonchev–Trinajstić information content (AvgIpc) is 2.79. The zero-order chi connectivity index (χ0) is 22.5. The maximum atomic E-state index is 12.7. The highest BCUT2D eigenvalue weighted by Crippen LogP contribution is 2.22. The van der Waals surface area contributed by atoms with Crippen LogP contribution in [-0.4, -0.2) is 46.7 Å². The first-order valence-electron chi connectivity index (χ1n) is 9.86. The van der Waals surface area contributed by atoms with Gasteiger partial charge in [0.05, 0.1) is 9.79 Å². The molecule has 2 aromatic rings. The molecule has 0 saturated carbocycles. The zero-order valence-corrected chi connectivity index (χ0v) is 18.6. The van der Waals surface area contributed by atoms with Gasteiger partial charge in [-0.05, 0) is 61.4 Å². The second-order valence-corrected chi connectivity index (χ2v) is 10.8. The van der Waals surface area contributed by atoms with Crippen LogP contribution >= 0.6 is 0 Å². The van der Waals surface area contributed by atoms with Crippen LogP contribution in [0.4, 0.5) is 5.69 Å². The predicted octanol–water partition coefficient (Wildman–Crippen LogP) is 2.58. The Morgan fingerprint density at radius 3 is 2.06 bits per heavy atom. The summed E-state index contributed by atoms with van der Waals surface area (Å²) >= 11 is 0. The van der Waals surface area contributed by atoms with Crippen molar-refractivity contribution < 1.29 is 21.6 Å². The molecular weight excluding hydrogens is 438 g/mol. The molecule has 1 fully saturated rings. The lowest BCUT2D eigenvalue weighted by Crippen LogP contribution is -2.35. The van der Waals surface area contributed by atoms with Crippen molar-refractivity contribution in [3.05, 3.63) is 66.7 Å². The maximum absolute atomic E-state index is 12.7. The van der Waals surface area contributed by atoms with Gasteiger partial charge in [0.1, 0.15) is 0 Å². The van der Waals surface area contributed by atoms with Gasteiger partial charge in [-0.1, -0.05) is 12.5 Å².